The fraction of sp³-hybridized carbons (Fsp3) is 0.231. The number of ether oxygens (including phenoxy) is 1. The summed E-state index contributed by atoms with van der Waals surface area (Å²) in [4.78, 5) is 30.9. The van der Waals surface area contributed by atoms with E-state index in [0.717, 1.165) is 27.4 Å². The Hall–Kier alpha value is -3.38. The maximum atomic E-state index is 13.5. The standard InChI is InChI=1S/C26H26N2O3S/c1-4-27(20-9-6-5-7-10-20)24-23(22-11-8-14-32-22)25(29)28(26(24)30)12-13-31-21-16-18(2)15-19(3)17-21/h5-11,14-17H,4,12-13H2,1-3H3. The molecular weight excluding hydrogens is 420 g/mol. The first-order chi connectivity index (χ1) is 15.5. The fourth-order valence-corrected chi connectivity index (χ4v) is 4.77. The SMILES string of the molecule is CCN(C1=C(c2cccs2)C(=O)N(CCOc2cc(C)cc(C)c2)C1=O)c1ccccc1. The van der Waals surface area contributed by atoms with E-state index in [0.29, 0.717) is 17.8 Å². The number of anilines is 1. The number of likely N-dealkylation sites (N-methyl/N-ethyl adjacent to an activating group) is 1. The summed E-state index contributed by atoms with van der Waals surface area (Å²) >= 11 is 1.46. The Balaban J connectivity index is 1.61. The number of hydrogen-bond donors (Lipinski definition) is 0. The number of benzene rings is 2. The van der Waals surface area contributed by atoms with Crippen LogP contribution in [0.25, 0.3) is 5.57 Å². The molecule has 0 saturated carbocycles. The number of thiophene rings is 1. The molecule has 32 heavy (non-hydrogen) atoms. The molecule has 0 aliphatic carbocycles. The predicted molar refractivity (Wildman–Crippen MR) is 129 cm³/mol. The van der Waals surface area contributed by atoms with E-state index in [9.17, 15) is 9.59 Å². The smallest absolute Gasteiger partial charge is 0.278 e. The van der Waals surface area contributed by atoms with Crippen LogP contribution in [-0.2, 0) is 9.59 Å². The van der Waals surface area contributed by atoms with Crippen molar-refractivity contribution in [3.05, 3.63) is 87.7 Å². The number of nitrogens with zero attached hydrogens (tertiary/aromatic N) is 2. The summed E-state index contributed by atoms with van der Waals surface area (Å²) < 4.78 is 5.88. The summed E-state index contributed by atoms with van der Waals surface area (Å²) in [7, 11) is 0. The summed E-state index contributed by atoms with van der Waals surface area (Å²) in [6.07, 6.45) is 0. The number of carbonyl (C=O) groups is 2. The number of hydrogen-bond acceptors (Lipinski definition) is 5. The second-order valence-corrected chi connectivity index (χ2v) is 8.66. The minimum absolute atomic E-state index is 0.190. The molecule has 2 amide bonds. The van der Waals surface area contributed by atoms with Crippen LogP contribution in [0.3, 0.4) is 0 Å². The maximum Gasteiger partial charge on any atom is 0.278 e. The van der Waals surface area contributed by atoms with Crippen LogP contribution in [0.2, 0.25) is 0 Å². The van der Waals surface area contributed by atoms with Crippen LogP contribution >= 0.6 is 11.3 Å². The normalized spacial score (nSPS) is 13.8. The largest absolute Gasteiger partial charge is 0.492 e. The van der Waals surface area contributed by atoms with Gasteiger partial charge in [-0.1, -0.05) is 30.3 Å². The monoisotopic (exact) mass is 446 g/mol. The van der Waals surface area contributed by atoms with Gasteiger partial charge in [-0.3, -0.25) is 14.5 Å². The van der Waals surface area contributed by atoms with Crippen LogP contribution in [0.15, 0.2) is 71.7 Å². The van der Waals surface area contributed by atoms with Gasteiger partial charge < -0.3 is 9.64 Å². The van der Waals surface area contributed by atoms with E-state index in [2.05, 4.69) is 6.07 Å². The summed E-state index contributed by atoms with van der Waals surface area (Å²) in [5.74, 6) is 0.187. The number of imide groups is 1. The molecule has 1 aromatic heterocycles. The molecule has 0 unspecified atom stereocenters. The average Bonchev–Trinajstić information content (AvgIpc) is 3.37. The van der Waals surface area contributed by atoms with E-state index in [4.69, 9.17) is 4.74 Å². The van der Waals surface area contributed by atoms with E-state index >= 15 is 0 Å². The second-order valence-electron chi connectivity index (χ2n) is 7.71. The fourth-order valence-electron chi connectivity index (χ4n) is 4.01. The number of carbonyl (C=O) groups excluding carboxylic acids is 2. The number of para-hydroxylation sites is 1. The molecule has 6 heteroatoms. The minimum atomic E-state index is -0.284. The molecule has 4 rings (SSSR count). The van der Waals surface area contributed by atoms with E-state index in [1.165, 1.54) is 16.2 Å². The van der Waals surface area contributed by atoms with Crippen molar-refractivity contribution in [1.29, 1.82) is 0 Å². The minimum Gasteiger partial charge on any atom is -0.492 e. The molecule has 1 aliphatic rings. The van der Waals surface area contributed by atoms with E-state index in [1.807, 2.05) is 85.6 Å². The molecule has 0 fully saturated rings. The molecular formula is C26H26N2O3S. The highest BCUT2D eigenvalue weighted by Gasteiger charge is 2.41. The van der Waals surface area contributed by atoms with Crippen molar-refractivity contribution in [2.24, 2.45) is 0 Å². The van der Waals surface area contributed by atoms with Gasteiger partial charge in [-0.15, -0.1) is 11.3 Å². The molecule has 1 aliphatic heterocycles. The number of amides is 2. The van der Waals surface area contributed by atoms with Crippen molar-refractivity contribution in [3.8, 4) is 5.75 Å². The summed E-state index contributed by atoms with van der Waals surface area (Å²) in [5.41, 5.74) is 3.99. The van der Waals surface area contributed by atoms with Gasteiger partial charge in [0, 0.05) is 17.1 Å². The van der Waals surface area contributed by atoms with Crippen LogP contribution in [0.1, 0.15) is 22.9 Å². The van der Waals surface area contributed by atoms with Gasteiger partial charge >= 0.3 is 0 Å². The van der Waals surface area contributed by atoms with Crippen molar-refractivity contribution in [3.63, 3.8) is 0 Å². The van der Waals surface area contributed by atoms with Gasteiger partial charge in [-0.25, -0.2) is 0 Å². The van der Waals surface area contributed by atoms with Crippen LogP contribution < -0.4 is 9.64 Å². The highest BCUT2D eigenvalue weighted by molar-refractivity contribution is 7.11. The van der Waals surface area contributed by atoms with Crippen LogP contribution in [0, 0.1) is 13.8 Å². The molecule has 0 atom stereocenters. The lowest BCUT2D eigenvalue weighted by Gasteiger charge is -2.24. The zero-order chi connectivity index (χ0) is 22.7. The molecule has 0 N–H and O–H groups in total. The Kier molecular flexibility index (Phi) is 6.42. The lowest BCUT2D eigenvalue weighted by atomic mass is 10.1. The van der Waals surface area contributed by atoms with Gasteiger partial charge in [0.05, 0.1) is 12.1 Å². The predicted octanol–water partition coefficient (Wildman–Crippen LogP) is 5.05. The molecule has 5 nitrogen and oxygen atoms in total. The highest BCUT2D eigenvalue weighted by Crippen LogP contribution is 2.35. The van der Waals surface area contributed by atoms with E-state index in [1.54, 1.807) is 0 Å². The molecule has 0 bridgehead atoms. The van der Waals surface area contributed by atoms with Gasteiger partial charge in [0.15, 0.2) is 0 Å². The van der Waals surface area contributed by atoms with Gasteiger partial charge in [-0.05, 0) is 67.6 Å². The van der Waals surface area contributed by atoms with Gasteiger partial charge in [0.2, 0.25) is 0 Å². The van der Waals surface area contributed by atoms with Gasteiger partial charge in [-0.2, -0.15) is 0 Å². The first-order valence-electron chi connectivity index (χ1n) is 10.7. The zero-order valence-electron chi connectivity index (χ0n) is 18.5. The Morgan fingerprint density at radius 2 is 1.66 bits per heavy atom. The van der Waals surface area contributed by atoms with Crippen LogP contribution in [-0.4, -0.2) is 36.4 Å². The first kappa shape index (κ1) is 21.8. The van der Waals surface area contributed by atoms with Crippen LogP contribution in [0.5, 0.6) is 5.75 Å². The number of aryl methyl sites for hydroxylation is 2. The molecule has 164 valence electrons. The maximum absolute atomic E-state index is 13.5. The lowest BCUT2D eigenvalue weighted by molar-refractivity contribution is -0.137. The lowest BCUT2D eigenvalue weighted by Crippen LogP contribution is -2.37. The van der Waals surface area contributed by atoms with Crippen molar-refractivity contribution in [1.82, 2.24) is 4.90 Å². The van der Waals surface area contributed by atoms with Crippen molar-refractivity contribution in [2.45, 2.75) is 20.8 Å². The Bertz CT molecular complexity index is 1130. The third-order valence-corrected chi connectivity index (χ3v) is 6.23. The molecule has 0 spiro atoms. The quantitative estimate of drug-likeness (QED) is 0.455. The topological polar surface area (TPSA) is 49.9 Å². The Labute approximate surface area is 192 Å². The van der Waals surface area contributed by atoms with Crippen LogP contribution in [0.4, 0.5) is 5.69 Å². The highest BCUT2D eigenvalue weighted by atomic mass is 32.1. The summed E-state index contributed by atoms with van der Waals surface area (Å²) in [5, 5.41) is 1.92. The number of rotatable bonds is 8. The van der Waals surface area contributed by atoms with E-state index in [-0.39, 0.29) is 25.0 Å². The summed E-state index contributed by atoms with van der Waals surface area (Å²) in [6, 6.07) is 19.5. The second kappa shape index (κ2) is 9.40. The summed E-state index contributed by atoms with van der Waals surface area (Å²) in [6.45, 7) is 7.01. The van der Waals surface area contributed by atoms with Crippen molar-refractivity contribution >= 4 is 34.4 Å². The Morgan fingerprint density at radius 1 is 0.938 bits per heavy atom. The van der Waals surface area contributed by atoms with Gasteiger partial charge in [0.25, 0.3) is 11.8 Å². The third kappa shape index (κ3) is 4.32. The molecule has 0 saturated heterocycles. The molecule has 2 aromatic carbocycles. The van der Waals surface area contributed by atoms with Gasteiger partial charge in [0.1, 0.15) is 18.1 Å². The van der Waals surface area contributed by atoms with Crippen molar-refractivity contribution < 1.29 is 14.3 Å². The Morgan fingerprint density at radius 3 is 2.28 bits per heavy atom. The molecule has 3 aromatic rings. The first-order valence-corrected chi connectivity index (χ1v) is 11.6. The van der Waals surface area contributed by atoms with E-state index < -0.39 is 0 Å². The zero-order valence-corrected chi connectivity index (χ0v) is 19.3. The molecule has 0 radical (unpaired) electrons. The molecule has 2 heterocycles. The average molecular weight is 447 g/mol. The van der Waals surface area contributed by atoms with Crippen molar-refractivity contribution in [2.75, 3.05) is 24.6 Å². The third-order valence-electron chi connectivity index (χ3n) is 5.34.